The molecule has 0 aromatic carbocycles. The Labute approximate surface area is 110 Å². The zero-order valence-corrected chi connectivity index (χ0v) is 11.9. The van der Waals surface area contributed by atoms with Gasteiger partial charge in [0.2, 0.25) is 0 Å². The minimum absolute atomic E-state index is 0.00152. The molecule has 0 bridgehead atoms. The summed E-state index contributed by atoms with van der Waals surface area (Å²) >= 11 is 0. The minimum Gasteiger partial charge on any atom is -0.485 e. The highest BCUT2D eigenvalue weighted by atomic mass is 16.5. The summed E-state index contributed by atoms with van der Waals surface area (Å²) in [6.07, 6.45) is 1.78. The number of ether oxygens (including phenoxy) is 1. The second-order valence-corrected chi connectivity index (χ2v) is 4.98. The van der Waals surface area contributed by atoms with E-state index in [1.807, 2.05) is 26.0 Å². The van der Waals surface area contributed by atoms with E-state index in [-0.39, 0.29) is 6.10 Å². The van der Waals surface area contributed by atoms with Crippen LogP contribution in [0.5, 0.6) is 5.75 Å². The van der Waals surface area contributed by atoms with Crippen LogP contribution in [0.25, 0.3) is 0 Å². The van der Waals surface area contributed by atoms with Gasteiger partial charge in [0.15, 0.2) is 0 Å². The van der Waals surface area contributed by atoms with E-state index >= 15 is 0 Å². The summed E-state index contributed by atoms with van der Waals surface area (Å²) in [5, 5.41) is 3.39. The molecular formula is C15H24N2O. The van der Waals surface area contributed by atoms with Crippen LogP contribution in [0.3, 0.4) is 0 Å². The Kier molecular flexibility index (Phi) is 5.86. The number of hydrogen-bond acceptors (Lipinski definition) is 3. The van der Waals surface area contributed by atoms with E-state index in [1.165, 1.54) is 0 Å². The van der Waals surface area contributed by atoms with Gasteiger partial charge in [-0.2, -0.15) is 0 Å². The minimum atomic E-state index is -0.00152. The largest absolute Gasteiger partial charge is 0.485 e. The van der Waals surface area contributed by atoms with Crippen LogP contribution in [0.15, 0.2) is 24.8 Å². The summed E-state index contributed by atoms with van der Waals surface area (Å²) in [6, 6.07) is 3.95. The fourth-order valence-corrected chi connectivity index (χ4v) is 1.56. The van der Waals surface area contributed by atoms with Gasteiger partial charge in [-0.1, -0.05) is 26.5 Å². The van der Waals surface area contributed by atoms with Crippen molar-refractivity contribution in [2.24, 2.45) is 5.92 Å². The maximum atomic E-state index is 5.79. The molecule has 1 N–H and O–H groups in total. The summed E-state index contributed by atoms with van der Waals surface area (Å²) in [5.41, 5.74) is 1.97. The molecule has 0 saturated carbocycles. The lowest BCUT2D eigenvalue weighted by molar-refractivity contribution is 0.265. The summed E-state index contributed by atoms with van der Waals surface area (Å²) < 4.78 is 5.79. The lowest BCUT2D eigenvalue weighted by Crippen LogP contribution is -2.21. The van der Waals surface area contributed by atoms with Gasteiger partial charge in [-0.25, -0.2) is 0 Å². The molecule has 1 aromatic rings. The molecule has 1 rings (SSSR count). The first-order chi connectivity index (χ1) is 8.52. The number of aromatic nitrogens is 1. The molecule has 0 amide bonds. The second-order valence-electron chi connectivity index (χ2n) is 4.98. The third-order valence-corrected chi connectivity index (χ3v) is 2.56. The Balaban J connectivity index is 2.73. The fourth-order valence-electron chi connectivity index (χ4n) is 1.56. The predicted molar refractivity (Wildman–Crippen MR) is 75.8 cm³/mol. The van der Waals surface area contributed by atoms with Gasteiger partial charge in [0.05, 0.1) is 5.69 Å². The molecule has 0 aliphatic rings. The molecule has 0 aliphatic carbocycles. The molecule has 3 heteroatoms. The Hall–Kier alpha value is -1.35. The van der Waals surface area contributed by atoms with Gasteiger partial charge in [-0.3, -0.25) is 4.98 Å². The smallest absolute Gasteiger partial charge is 0.143 e. The molecule has 0 aliphatic heterocycles. The first-order valence-corrected chi connectivity index (χ1v) is 6.49. The highest BCUT2D eigenvalue weighted by Gasteiger charge is 2.08. The summed E-state index contributed by atoms with van der Waals surface area (Å²) in [4.78, 5) is 4.54. The maximum Gasteiger partial charge on any atom is 0.143 e. The average Bonchev–Trinajstić information content (AvgIpc) is 2.31. The van der Waals surface area contributed by atoms with Crippen molar-refractivity contribution in [1.82, 2.24) is 10.3 Å². The Morgan fingerprint density at radius 1 is 1.39 bits per heavy atom. The second kappa shape index (κ2) is 7.17. The highest BCUT2D eigenvalue weighted by molar-refractivity contribution is 5.29. The van der Waals surface area contributed by atoms with Crippen LogP contribution in [-0.4, -0.2) is 17.6 Å². The maximum absolute atomic E-state index is 5.79. The van der Waals surface area contributed by atoms with Crippen LogP contribution in [0.2, 0.25) is 0 Å². The van der Waals surface area contributed by atoms with Crippen LogP contribution in [0.1, 0.15) is 32.2 Å². The van der Waals surface area contributed by atoms with Gasteiger partial charge < -0.3 is 10.1 Å². The summed E-state index contributed by atoms with van der Waals surface area (Å²) in [6.45, 7) is 13.8. The number of hydrogen-bond donors (Lipinski definition) is 1. The van der Waals surface area contributed by atoms with Crippen molar-refractivity contribution in [2.45, 2.75) is 40.3 Å². The molecule has 1 heterocycles. The normalized spacial score (nSPS) is 12.5. The van der Waals surface area contributed by atoms with Crippen molar-refractivity contribution in [1.29, 1.82) is 0 Å². The molecule has 0 fully saturated rings. The molecule has 1 atom stereocenters. The molecule has 1 unspecified atom stereocenters. The van der Waals surface area contributed by atoms with Crippen molar-refractivity contribution in [3.8, 4) is 5.75 Å². The van der Waals surface area contributed by atoms with Gasteiger partial charge in [0.25, 0.3) is 0 Å². The van der Waals surface area contributed by atoms with E-state index in [9.17, 15) is 0 Å². The molecule has 3 nitrogen and oxygen atoms in total. The number of rotatable bonds is 7. The van der Waals surface area contributed by atoms with Crippen LogP contribution in [0, 0.1) is 12.8 Å². The van der Waals surface area contributed by atoms with E-state index in [0.717, 1.165) is 30.2 Å². The lowest BCUT2D eigenvalue weighted by Gasteiger charge is -2.15. The quantitative estimate of drug-likeness (QED) is 0.753. The van der Waals surface area contributed by atoms with Crippen molar-refractivity contribution in [3.63, 3.8) is 0 Å². The Bertz CT molecular complexity index is 388. The third kappa shape index (κ3) is 4.88. The number of pyridine rings is 1. The van der Waals surface area contributed by atoms with E-state index in [0.29, 0.717) is 5.92 Å². The number of nitrogens with one attached hydrogen (secondary N) is 1. The number of aryl methyl sites for hydroxylation is 1. The molecule has 100 valence electrons. The van der Waals surface area contributed by atoms with Crippen LogP contribution in [0.4, 0.5) is 0 Å². The molecular weight excluding hydrogens is 224 g/mol. The topological polar surface area (TPSA) is 34.1 Å². The molecule has 0 saturated heterocycles. The van der Waals surface area contributed by atoms with Crippen molar-refractivity contribution >= 4 is 0 Å². The van der Waals surface area contributed by atoms with Crippen LogP contribution >= 0.6 is 0 Å². The van der Waals surface area contributed by atoms with Crippen molar-refractivity contribution in [3.05, 3.63) is 36.2 Å². The van der Waals surface area contributed by atoms with E-state index in [4.69, 9.17) is 4.74 Å². The van der Waals surface area contributed by atoms with E-state index in [1.54, 1.807) is 6.08 Å². The van der Waals surface area contributed by atoms with Gasteiger partial charge >= 0.3 is 0 Å². The zero-order chi connectivity index (χ0) is 13.5. The third-order valence-electron chi connectivity index (χ3n) is 2.56. The Morgan fingerprint density at radius 3 is 2.72 bits per heavy atom. The van der Waals surface area contributed by atoms with E-state index in [2.05, 4.69) is 30.7 Å². The monoisotopic (exact) mass is 248 g/mol. The number of nitrogens with zero attached hydrogens (tertiary/aromatic N) is 1. The van der Waals surface area contributed by atoms with Gasteiger partial charge in [-0.05, 0) is 38.4 Å². The standard InChI is InChI=1S/C15H24N2O/c1-6-13(5)18-15-8-7-12(4)17-14(15)10-16-9-11(2)3/h6-8,11,13,16H,1,9-10H2,2-5H3. The first-order valence-electron chi connectivity index (χ1n) is 6.49. The molecule has 0 radical (unpaired) electrons. The van der Waals surface area contributed by atoms with Crippen molar-refractivity contribution in [2.75, 3.05) is 6.54 Å². The summed E-state index contributed by atoms with van der Waals surface area (Å²) in [5.74, 6) is 1.47. The predicted octanol–water partition coefficient (Wildman–Crippen LogP) is 3.09. The molecule has 1 aromatic heterocycles. The highest BCUT2D eigenvalue weighted by Crippen LogP contribution is 2.18. The SMILES string of the molecule is C=CC(C)Oc1ccc(C)nc1CNCC(C)C. The summed E-state index contributed by atoms with van der Waals surface area (Å²) in [7, 11) is 0. The van der Waals surface area contributed by atoms with Gasteiger partial charge in [0, 0.05) is 12.2 Å². The lowest BCUT2D eigenvalue weighted by atomic mass is 10.2. The van der Waals surface area contributed by atoms with Crippen LogP contribution in [-0.2, 0) is 6.54 Å². The van der Waals surface area contributed by atoms with Crippen LogP contribution < -0.4 is 10.1 Å². The fraction of sp³-hybridized carbons (Fsp3) is 0.533. The average molecular weight is 248 g/mol. The van der Waals surface area contributed by atoms with Gasteiger partial charge in [0.1, 0.15) is 11.9 Å². The zero-order valence-electron chi connectivity index (χ0n) is 11.9. The van der Waals surface area contributed by atoms with Gasteiger partial charge in [-0.15, -0.1) is 0 Å². The first kappa shape index (κ1) is 14.7. The molecule has 18 heavy (non-hydrogen) atoms. The van der Waals surface area contributed by atoms with E-state index < -0.39 is 0 Å². The van der Waals surface area contributed by atoms with Crippen molar-refractivity contribution < 1.29 is 4.74 Å². The molecule has 0 spiro atoms. The Morgan fingerprint density at radius 2 is 2.11 bits per heavy atom.